The molecule has 1 aliphatic rings. The molecular weight excluding hydrogens is 236 g/mol. The van der Waals surface area contributed by atoms with Gasteiger partial charge in [-0.3, -0.25) is 14.8 Å². The molecule has 0 unspecified atom stereocenters. The van der Waals surface area contributed by atoms with Gasteiger partial charge in [0.2, 0.25) is 0 Å². The Morgan fingerprint density at radius 2 is 1.32 bits per heavy atom. The molecule has 0 N–H and O–H groups in total. The maximum atomic E-state index is 11.8. The molecule has 2 heterocycles. The molecule has 3 rings (SSSR count). The zero-order valence-corrected chi connectivity index (χ0v) is 10.3. The van der Waals surface area contributed by atoms with Crippen LogP contribution in [0.2, 0.25) is 0 Å². The molecule has 0 saturated heterocycles. The fraction of sp³-hybridized carbons (Fsp3) is 0.0625. The van der Waals surface area contributed by atoms with Crippen LogP contribution < -0.4 is 0 Å². The van der Waals surface area contributed by atoms with Gasteiger partial charge in [0, 0.05) is 18.8 Å². The number of hydrogen-bond acceptors (Lipinski definition) is 3. The van der Waals surface area contributed by atoms with Crippen LogP contribution in [-0.2, 0) is 4.79 Å². The highest BCUT2D eigenvalue weighted by molar-refractivity contribution is 6.11. The van der Waals surface area contributed by atoms with Crippen molar-refractivity contribution in [1.29, 1.82) is 0 Å². The second-order valence-electron chi connectivity index (χ2n) is 4.35. The van der Waals surface area contributed by atoms with E-state index in [1.54, 1.807) is 24.5 Å². The van der Waals surface area contributed by atoms with E-state index in [1.807, 2.05) is 36.4 Å². The topological polar surface area (TPSA) is 42.9 Å². The highest BCUT2D eigenvalue weighted by Crippen LogP contribution is 2.29. The van der Waals surface area contributed by atoms with E-state index in [-0.39, 0.29) is 5.78 Å². The lowest BCUT2D eigenvalue weighted by molar-refractivity contribution is -0.110. The molecule has 0 atom stereocenters. The molecule has 0 spiro atoms. The van der Waals surface area contributed by atoms with Gasteiger partial charge in [0.05, 0.1) is 11.4 Å². The van der Waals surface area contributed by atoms with Gasteiger partial charge >= 0.3 is 0 Å². The zero-order chi connectivity index (χ0) is 13.1. The van der Waals surface area contributed by atoms with Crippen LogP contribution in [0.25, 0.3) is 11.1 Å². The summed E-state index contributed by atoms with van der Waals surface area (Å²) in [6.45, 7) is 0. The summed E-state index contributed by atoms with van der Waals surface area (Å²) in [7, 11) is 0. The van der Waals surface area contributed by atoms with Gasteiger partial charge in [-0.2, -0.15) is 0 Å². The third-order valence-corrected chi connectivity index (χ3v) is 3.00. The Labute approximate surface area is 111 Å². The summed E-state index contributed by atoms with van der Waals surface area (Å²) in [5.74, 6) is -0.00689. The Balaban J connectivity index is 1.94. The summed E-state index contributed by atoms with van der Waals surface area (Å²) < 4.78 is 0. The average molecular weight is 248 g/mol. The van der Waals surface area contributed by atoms with Gasteiger partial charge in [0.25, 0.3) is 0 Å². The largest absolute Gasteiger partial charge is 0.290 e. The minimum absolute atomic E-state index is 0.00689. The van der Waals surface area contributed by atoms with Crippen molar-refractivity contribution in [2.45, 2.75) is 6.42 Å². The van der Waals surface area contributed by atoms with Crippen LogP contribution in [0.4, 0.5) is 0 Å². The summed E-state index contributed by atoms with van der Waals surface area (Å²) in [6.07, 6.45) is 7.45. The maximum absolute atomic E-state index is 11.8. The monoisotopic (exact) mass is 248 g/mol. The highest BCUT2D eigenvalue weighted by atomic mass is 16.1. The quantitative estimate of drug-likeness (QED) is 0.820. The predicted molar refractivity (Wildman–Crippen MR) is 74.1 cm³/mol. The van der Waals surface area contributed by atoms with Gasteiger partial charge < -0.3 is 0 Å². The number of rotatable bonds is 2. The number of carbonyl (C=O) groups excluding carboxylic acids is 1. The van der Waals surface area contributed by atoms with Crippen molar-refractivity contribution in [3.05, 3.63) is 72.3 Å². The number of aromatic nitrogens is 2. The molecule has 0 fully saturated rings. The Bertz CT molecular complexity index is 600. The minimum Gasteiger partial charge on any atom is -0.290 e. The molecule has 3 nitrogen and oxygen atoms in total. The first kappa shape index (κ1) is 11.5. The van der Waals surface area contributed by atoms with Crippen LogP contribution in [0.5, 0.6) is 0 Å². The normalized spacial score (nSPS) is 14.8. The third kappa shape index (κ3) is 2.50. The van der Waals surface area contributed by atoms with E-state index in [9.17, 15) is 4.79 Å². The molecule has 3 heteroatoms. The van der Waals surface area contributed by atoms with Crippen molar-refractivity contribution in [3.63, 3.8) is 0 Å². The molecule has 0 bridgehead atoms. The summed E-state index contributed by atoms with van der Waals surface area (Å²) in [5, 5.41) is 0. The summed E-state index contributed by atoms with van der Waals surface area (Å²) in [6, 6.07) is 11.4. The van der Waals surface area contributed by atoms with Crippen molar-refractivity contribution in [3.8, 4) is 0 Å². The zero-order valence-electron chi connectivity index (χ0n) is 10.3. The first-order chi connectivity index (χ1) is 9.33. The van der Waals surface area contributed by atoms with Crippen LogP contribution in [0.15, 0.2) is 60.9 Å². The van der Waals surface area contributed by atoms with Gasteiger partial charge in [-0.15, -0.1) is 0 Å². The fourth-order valence-corrected chi connectivity index (χ4v) is 2.13. The second-order valence-corrected chi connectivity index (χ2v) is 4.35. The molecule has 0 saturated carbocycles. The standard InChI is InChI=1S/C16H12N2O/c19-14-10-12(15-5-1-3-7-17-15)9-13(11-14)16-6-2-4-8-18-16/h1-8,10-11H,9H2. The smallest absolute Gasteiger partial charge is 0.179 e. The van der Waals surface area contributed by atoms with Crippen LogP contribution in [0, 0.1) is 0 Å². The van der Waals surface area contributed by atoms with Crippen LogP contribution in [0.3, 0.4) is 0 Å². The first-order valence-electron chi connectivity index (χ1n) is 6.11. The van der Waals surface area contributed by atoms with E-state index in [0.717, 1.165) is 22.5 Å². The van der Waals surface area contributed by atoms with E-state index in [0.29, 0.717) is 6.42 Å². The lowest BCUT2D eigenvalue weighted by Gasteiger charge is -2.13. The molecule has 0 amide bonds. The van der Waals surface area contributed by atoms with Crippen LogP contribution in [-0.4, -0.2) is 15.8 Å². The second kappa shape index (κ2) is 4.98. The summed E-state index contributed by atoms with van der Waals surface area (Å²) in [4.78, 5) is 20.4. The lowest BCUT2D eigenvalue weighted by Crippen LogP contribution is -2.03. The maximum Gasteiger partial charge on any atom is 0.179 e. The first-order valence-corrected chi connectivity index (χ1v) is 6.11. The number of ketones is 1. The van der Waals surface area contributed by atoms with Crippen LogP contribution in [0.1, 0.15) is 17.8 Å². The van der Waals surface area contributed by atoms with E-state index >= 15 is 0 Å². The van der Waals surface area contributed by atoms with Crippen molar-refractivity contribution in [2.24, 2.45) is 0 Å². The number of nitrogens with zero attached hydrogens (tertiary/aromatic N) is 2. The molecular formula is C16H12N2O. The molecule has 0 aromatic carbocycles. The van der Waals surface area contributed by atoms with Crippen molar-refractivity contribution in [2.75, 3.05) is 0 Å². The number of pyridine rings is 2. The molecule has 92 valence electrons. The SMILES string of the molecule is O=C1C=C(c2ccccn2)CC(c2ccccn2)=C1. The van der Waals surface area contributed by atoms with Crippen molar-refractivity contribution < 1.29 is 4.79 Å². The van der Waals surface area contributed by atoms with Gasteiger partial charge in [-0.1, -0.05) is 12.1 Å². The Morgan fingerprint density at radius 3 is 1.74 bits per heavy atom. The summed E-state index contributed by atoms with van der Waals surface area (Å²) in [5.41, 5.74) is 3.57. The molecule has 2 aromatic rings. The molecule has 0 aliphatic heterocycles. The number of allylic oxidation sites excluding steroid dienone is 4. The average Bonchev–Trinajstić information content (AvgIpc) is 2.48. The van der Waals surface area contributed by atoms with E-state index in [2.05, 4.69) is 9.97 Å². The fourth-order valence-electron chi connectivity index (χ4n) is 2.13. The lowest BCUT2D eigenvalue weighted by atomic mass is 9.93. The third-order valence-electron chi connectivity index (χ3n) is 3.00. The molecule has 2 aromatic heterocycles. The summed E-state index contributed by atoms with van der Waals surface area (Å²) >= 11 is 0. The Morgan fingerprint density at radius 1 is 0.789 bits per heavy atom. The van der Waals surface area contributed by atoms with Gasteiger partial charge in [-0.05, 0) is 47.6 Å². The van der Waals surface area contributed by atoms with Crippen molar-refractivity contribution >= 4 is 16.9 Å². The number of carbonyl (C=O) groups is 1. The van der Waals surface area contributed by atoms with E-state index in [4.69, 9.17) is 0 Å². The molecule has 19 heavy (non-hydrogen) atoms. The van der Waals surface area contributed by atoms with E-state index in [1.165, 1.54) is 0 Å². The van der Waals surface area contributed by atoms with Gasteiger partial charge in [-0.25, -0.2) is 0 Å². The highest BCUT2D eigenvalue weighted by Gasteiger charge is 2.16. The molecule has 1 aliphatic carbocycles. The minimum atomic E-state index is -0.00689. The Kier molecular flexibility index (Phi) is 3.02. The van der Waals surface area contributed by atoms with Crippen LogP contribution >= 0.6 is 0 Å². The van der Waals surface area contributed by atoms with Crippen molar-refractivity contribution in [1.82, 2.24) is 9.97 Å². The van der Waals surface area contributed by atoms with Gasteiger partial charge in [0.1, 0.15) is 0 Å². The number of hydrogen-bond donors (Lipinski definition) is 0. The predicted octanol–water partition coefficient (Wildman–Crippen LogP) is 2.92. The molecule has 0 radical (unpaired) electrons. The Hall–Kier alpha value is -2.55. The van der Waals surface area contributed by atoms with Gasteiger partial charge in [0.15, 0.2) is 5.78 Å². The van der Waals surface area contributed by atoms with E-state index < -0.39 is 0 Å².